The highest BCUT2D eigenvalue weighted by Gasteiger charge is 2.61. The van der Waals surface area contributed by atoms with Gasteiger partial charge < -0.3 is 14.6 Å². The standard InChI is InChI=1S/C25H22O4/c1-28-20-4-2-3-18(13-20)16-5-8-19(9-6-16)29-21-10-7-17-11-12-25(22(17)14-21)15-23(25)24(26)27/h2-10,13-14,23H,11-12,15H2,1H3,(H,26,27)/t23-,25-/m0/s1. The molecular formula is C25H22O4. The molecule has 0 aromatic heterocycles. The quantitative estimate of drug-likeness (QED) is 0.634. The third-order valence-corrected chi connectivity index (χ3v) is 6.32. The fourth-order valence-corrected chi connectivity index (χ4v) is 4.65. The molecule has 4 heteroatoms. The number of hydrogen-bond donors (Lipinski definition) is 1. The van der Waals surface area contributed by atoms with Crippen LogP contribution in [-0.2, 0) is 16.6 Å². The van der Waals surface area contributed by atoms with Gasteiger partial charge in [0.05, 0.1) is 13.0 Å². The first-order chi connectivity index (χ1) is 14.1. The van der Waals surface area contributed by atoms with Gasteiger partial charge in [0.1, 0.15) is 17.2 Å². The maximum Gasteiger partial charge on any atom is 0.307 e. The fraction of sp³-hybridized carbons (Fsp3) is 0.240. The molecule has 0 bridgehead atoms. The van der Waals surface area contributed by atoms with Crippen LogP contribution >= 0.6 is 0 Å². The van der Waals surface area contributed by atoms with Crippen LogP contribution in [0.1, 0.15) is 24.0 Å². The Kier molecular flexibility index (Phi) is 4.09. The minimum atomic E-state index is -0.683. The lowest BCUT2D eigenvalue weighted by atomic mass is 9.95. The van der Waals surface area contributed by atoms with Crippen LogP contribution in [0.5, 0.6) is 17.2 Å². The molecular weight excluding hydrogens is 364 g/mol. The molecule has 146 valence electrons. The van der Waals surface area contributed by atoms with Gasteiger partial charge in [-0.25, -0.2) is 0 Å². The normalized spacial score (nSPS) is 21.6. The van der Waals surface area contributed by atoms with E-state index >= 15 is 0 Å². The van der Waals surface area contributed by atoms with E-state index in [1.165, 1.54) is 5.56 Å². The monoisotopic (exact) mass is 386 g/mol. The second kappa shape index (κ2) is 6.66. The van der Waals surface area contributed by atoms with E-state index < -0.39 is 5.97 Å². The lowest BCUT2D eigenvalue weighted by molar-refractivity contribution is -0.139. The fourth-order valence-electron chi connectivity index (χ4n) is 4.65. The number of hydrogen-bond acceptors (Lipinski definition) is 3. The number of methoxy groups -OCH3 is 1. The number of aliphatic carboxylic acids is 1. The molecule has 1 spiro atoms. The molecule has 4 nitrogen and oxygen atoms in total. The Balaban J connectivity index is 1.36. The van der Waals surface area contributed by atoms with Crippen molar-refractivity contribution in [2.45, 2.75) is 24.7 Å². The molecule has 2 aliphatic carbocycles. The van der Waals surface area contributed by atoms with Gasteiger partial charge in [-0.1, -0.05) is 30.3 Å². The third-order valence-electron chi connectivity index (χ3n) is 6.32. The summed E-state index contributed by atoms with van der Waals surface area (Å²) < 4.78 is 11.4. The van der Waals surface area contributed by atoms with E-state index in [2.05, 4.69) is 6.07 Å². The first-order valence-electron chi connectivity index (χ1n) is 9.88. The molecule has 0 radical (unpaired) electrons. The maximum absolute atomic E-state index is 11.5. The zero-order chi connectivity index (χ0) is 20.0. The summed E-state index contributed by atoms with van der Waals surface area (Å²) in [6, 6.07) is 22.0. The van der Waals surface area contributed by atoms with Crippen LogP contribution < -0.4 is 9.47 Å². The molecule has 3 aromatic carbocycles. The maximum atomic E-state index is 11.5. The number of carboxylic acid groups (broad SMARTS) is 1. The van der Waals surface area contributed by atoms with E-state index in [1.807, 2.05) is 60.7 Å². The number of fused-ring (bicyclic) bond motifs is 2. The van der Waals surface area contributed by atoms with E-state index in [0.717, 1.165) is 53.2 Å². The molecule has 1 fully saturated rings. The molecule has 2 atom stereocenters. The summed E-state index contributed by atoms with van der Waals surface area (Å²) >= 11 is 0. The second-order valence-electron chi connectivity index (χ2n) is 7.93. The highest BCUT2D eigenvalue weighted by atomic mass is 16.5. The van der Waals surface area contributed by atoms with Gasteiger partial charge in [-0.2, -0.15) is 0 Å². The van der Waals surface area contributed by atoms with Crippen molar-refractivity contribution >= 4 is 5.97 Å². The Morgan fingerprint density at radius 2 is 1.76 bits per heavy atom. The van der Waals surface area contributed by atoms with Crippen molar-refractivity contribution in [1.29, 1.82) is 0 Å². The molecule has 0 amide bonds. The average molecular weight is 386 g/mol. The predicted molar refractivity (Wildman–Crippen MR) is 111 cm³/mol. The summed E-state index contributed by atoms with van der Waals surface area (Å²) in [5.41, 5.74) is 4.43. The minimum absolute atomic E-state index is 0.170. The smallest absolute Gasteiger partial charge is 0.307 e. The Morgan fingerprint density at radius 3 is 2.48 bits per heavy atom. The van der Waals surface area contributed by atoms with Crippen LogP contribution in [0.4, 0.5) is 0 Å². The zero-order valence-corrected chi connectivity index (χ0v) is 16.2. The van der Waals surface area contributed by atoms with E-state index in [4.69, 9.17) is 9.47 Å². The molecule has 1 N–H and O–H groups in total. The molecule has 29 heavy (non-hydrogen) atoms. The minimum Gasteiger partial charge on any atom is -0.497 e. The van der Waals surface area contributed by atoms with Gasteiger partial charge >= 0.3 is 5.97 Å². The van der Waals surface area contributed by atoms with Crippen molar-refractivity contribution in [3.8, 4) is 28.4 Å². The number of aryl methyl sites for hydroxylation is 1. The molecule has 5 rings (SSSR count). The van der Waals surface area contributed by atoms with E-state index in [9.17, 15) is 9.90 Å². The van der Waals surface area contributed by atoms with E-state index in [0.29, 0.717) is 0 Å². The summed E-state index contributed by atoms with van der Waals surface area (Å²) in [6.45, 7) is 0. The average Bonchev–Trinajstić information content (AvgIpc) is 3.39. The first-order valence-corrected chi connectivity index (χ1v) is 9.88. The second-order valence-corrected chi connectivity index (χ2v) is 7.93. The van der Waals surface area contributed by atoms with Crippen LogP contribution in [0.3, 0.4) is 0 Å². The van der Waals surface area contributed by atoms with Crippen LogP contribution in [0.2, 0.25) is 0 Å². The van der Waals surface area contributed by atoms with Gasteiger partial charge in [-0.05, 0) is 77.9 Å². The van der Waals surface area contributed by atoms with E-state index in [-0.39, 0.29) is 11.3 Å². The van der Waals surface area contributed by atoms with Crippen molar-refractivity contribution in [2.75, 3.05) is 7.11 Å². The Morgan fingerprint density at radius 1 is 0.966 bits per heavy atom. The van der Waals surface area contributed by atoms with Crippen molar-refractivity contribution in [2.24, 2.45) is 5.92 Å². The number of rotatable bonds is 5. The van der Waals surface area contributed by atoms with Crippen LogP contribution in [-0.4, -0.2) is 18.2 Å². The van der Waals surface area contributed by atoms with E-state index in [1.54, 1.807) is 7.11 Å². The summed E-state index contributed by atoms with van der Waals surface area (Å²) in [5, 5.41) is 9.42. The summed E-state index contributed by atoms with van der Waals surface area (Å²) in [4.78, 5) is 11.5. The highest BCUT2D eigenvalue weighted by Crippen LogP contribution is 2.62. The van der Waals surface area contributed by atoms with Crippen molar-refractivity contribution in [1.82, 2.24) is 0 Å². The van der Waals surface area contributed by atoms with Crippen molar-refractivity contribution in [3.05, 3.63) is 77.9 Å². The molecule has 2 aliphatic rings. The summed E-state index contributed by atoms with van der Waals surface area (Å²) in [6.07, 6.45) is 2.63. The Labute approximate surface area is 169 Å². The lowest BCUT2D eigenvalue weighted by Gasteiger charge is -2.13. The Bertz CT molecular complexity index is 1090. The van der Waals surface area contributed by atoms with Gasteiger partial charge in [0, 0.05) is 5.41 Å². The molecule has 3 aromatic rings. The van der Waals surface area contributed by atoms with Gasteiger partial charge in [0.15, 0.2) is 0 Å². The largest absolute Gasteiger partial charge is 0.497 e. The Hall–Kier alpha value is -3.27. The number of carbonyl (C=O) groups is 1. The van der Waals surface area contributed by atoms with Gasteiger partial charge in [-0.15, -0.1) is 0 Å². The van der Waals surface area contributed by atoms with Gasteiger partial charge in [-0.3, -0.25) is 4.79 Å². The predicted octanol–water partition coefficient (Wildman–Crippen LogP) is 5.44. The third kappa shape index (κ3) is 3.05. The lowest BCUT2D eigenvalue weighted by Crippen LogP contribution is -2.11. The number of benzene rings is 3. The molecule has 0 aliphatic heterocycles. The number of ether oxygens (including phenoxy) is 2. The topological polar surface area (TPSA) is 55.8 Å². The van der Waals surface area contributed by atoms with Crippen LogP contribution in [0.15, 0.2) is 66.7 Å². The molecule has 1 saturated carbocycles. The van der Waals surface area contributed by atoms with Gasteiger partial charge in [0.2, 0.25) is 0 Å². The SMILES string of the molecule is COc1cccc(-c2ccc(Oc3ccc4c(c3)[C@]3(CC4)C[C@H]3C(=O)O)cc2)c1. The zero-order valence-electron chi connectivity index (χ0n) is 16.2. The highest BCUT2D eigenvalue weighted by molar-refractivity contribution is 5.78. The summed E-state index contributed by atoms with van der Waals surface area (Å²) in [7, 11) is 1.66. The van der Waals surface area contributed by atoms with Crippen molar-refractivity contribution in [3.63, 3.8) is 0 Å². The van der Waals surface area contributed by atoms with Gasteiger partial charge in [0.25, 0.3) is 0 Å². The van der Waals surface area contributed by atoms with Crippen LogP contribution in [0, 0.1) is 5.92 Å². The molecule has 0 saturated heterocycles. The molecule has 0 heterocycles. The van der Waals surface area contributed by atoms with Crippen LogP contribution in [0.25, 0.3) is 11.1 Å². The molecule has 0 unspecified atom stereocenters. The van der Waals surface area contributed by atoms with Crippen molar-refractivity contribution < 1.29 is 19.4 Å². The summed E-state index contributed by atoms with van der Waals surface area (Å²) in [5.74, 6) is 1.41. The first kappa shape index (κ1) is 17.8. The number of carboxylic acids is 1.